The summed E-state index contributed by atoms with van der Waals surface area (Å²) in [5.41, 5.74) is 1.33. The van der Waals surface area contributed by atoms with E-state index in [0.29, 0.717) is 0 Å². The van der Waals surface area contributed by atoms with Gasteiger partial charge in [0.05, 0.1) is 0 Å². The predicted octanol–water partition coefficient (Wildman–Crippen LogP) is 2.25. The van der Waals surface area contributed by atoms with E-state index in [1.54, 1.807) is 0 Å². The summed E-state index contributed by atoms with van der Waals surface area (Å²) >= 11 is -2.61. The fraction of sp³-hybridized carbons (Fsp3) is 0.667. The standard InChI is InChI=1S/C9H16O.H2O3S/c1-8(2)5-4-6-9(3)7-10;1-4(2)3/h5,7,9H,4,6H2,1-3H3;(H2,1,2,3). The molecular weight excluding hydrogens is 204 g/mol. The van der Waals surface area contributed by atoms with Crippen molar-refractivity contribution in [1.29, 1.82) is 0 Å². The van der Waals surface area contributed by atoms with E-state index in [1.807, 2.05) is 6.92 Å². The summed E-state index contributed by atoms with van der Waals surface area (Å²) in [6.45, 7) is 6.10. The highest BCUT2D eigenvalue weighted by atomic mass is 32.2. The van der Waals surface area contributed by atoms with E-state index >= 15 is 0 Å². The van der Waals surface area contributed by atoms with Crippen LogP contribution >= 0.6 is 0 Å². The van der Waals surface area contributed by atoms with Gasteiger partial charge in [0, 0.05) is 5.92 Å². The first-order valence-corrected chi connectivity index (χ1v) is 5.35. The molecule has 0 aliphatic carbocycles. The molecule has 14 heavy (non-hydrogen) atoms. The molecule has 0 heterocycles. The van der Waals surface area contributed by atoms with Crippen LogP contribution in [0.4, 0.5) is 0 Å². The third-order valence-electron chi connectivity index (χ3n) is 1.41. The molecule has 0 fully saturated rings. The van der Waals surface area contributed by atoms with Crippen molar-refractivity contribution in [2.75, 3.05) is 0 Å². The highest BCUT2D eigenvalue weighted by Gasteiger charge is 1.95. The number of hydrogen-bond donors (Lipinski definition) is 2. The van der Waals surface area contributed by atoms with Crippen molar-refractivity contribution >= 4 is 17.6 Å². The maximum Gasteiger partial charge on any atom is 0.299 e. The van der Waals surface area contributed by atoms with Crippen molar-refractivity contribution in [1.82, 2.24) is 0 Å². The Kier molecular flexibility index (Phi) is 12.0. The highest BCUT2D eigenvalue weighted by molar-refractivity contribution is 7.73. The van der Waals surface area contributed by atoms with Crippen molar-refractivity contribution in [2.45, 2.75) is 33.6 Å². The number of hydrogen-bond acceptors (Lipinski definition) is 2. The molecule has 2 N–H and O–H groups in total. The van der Waals surface area contributed by atoms with Crippen molar-refractivity contribution in [3.05, 3.63) is 11.6 Å². The third-order valence-corrected chi connectivity index (χ3v) is 1.41. The summed E-state index contributed by atoms with van der Waals surface area (Å²) < 4.78 is 22.8. The first-order chi connectivity index (χ1) is 6.40. The third kappa shape index (κ3) is 22.5. The Labute approximate surface area is 87.5 Å². The van der Waals surface area contributed by atoms with Crippen LogP contribution < -0.4 is 0 Å². The van der Waals surface area contributed by atoms with E-state index in [2.05, 4.69) is 19.9 Å². The molecule has 0 amide bonds. The van der Waals surface area contributed by atoms with Crippen LogP contribution in [0.5, 0.6) is 0 Å². The summed E-state index contributed by atoms with van der Waals surface area (Å²) in [5, 5.41) is 0. The second kappa shape index (κ2) is 10.6. The number of rotatable bonds is 4. The predicted molar refractivity (Wildman–Crippen MR) is 57.3 cm³/mol. The molecule has 0 aliphatic heterocycles. The summed E-state index contributed by atoms with van der Waals surface area (Å²) in [6.07, 6.45) is 5.19. The summed E-state index contributed by atoms with van der Waals surface area (Å²) in [4.78, 5) is 10.2. The minimum atomic E-state index is -2.61. The van der Waals surface area contributed by atoms with Crippen LogP contribution in [0.3, 0.4) is 0 Å². The highest BCUT2D eigenvalue weighted by Crippen LogP contribution is 2.04. The first-order valence-electron chi connectivity index (χ1n) is 4.28. The van der Waals surface area contributed by atoms with Gasteiger partial charge in [-0.25, -0.2) is 0 Å². The lowest BCUT2D eigenvalue weighted by Crippen LogP contribution is -1.93. The van der Waals surface area contributed by atoms with Crippen LogP contribution in [-0.4, -0.2) is 19.6 Å². The van der Waals surface area contributed by atoms with E-state index in [1.165, 1.54) is 5.57 Å². The molecule has 0 bridgehead atoms. The van der Waals surface area contributed by atoms with E-state index in [0.717, 1.165) is 19.1 Å². The molecule has 0 aliphatic rings. The topological polar surface area (TPSA) is 74.6 Å². The number of carbonyl (C=O) groups excluding carboxylic acids is 1. The lowest BCUT2D eigenvalue weighted by molar-refractivity contribution is -0.110. The van der Waals surface area contributed by atoms with Gasteiger partial charge in [0.25, 0.3) is 11.4 Å². The molecular formula is C9H18O4S. The van der Waals surface area contributed by atoms with E-state index in [9.17, 15) is 4.79 Å². The Balaban J connectivity index is 0. The Morgan fingerprint density at radius 3 is 2.14 bits per heavy atom. The van der Waals surface area contributed by atoms with Gasteiger partial charge in [-0.15, -0.1) is 0 Å². The molecule has 0 radical (unpaired) electrons. The second-order valence-corrected chi connectivity index (χ2v) is 3.66. The minimum Gasteiger partial charge on any atom is -0.303 e. The summed E-state index contributed by atoms with van der Waals surface area (Å²) in [7, 11) is 0. The van der Waals surface area contributed by atoms with Gasteiger partial charge < -0.3 is 4.79 Å². The zero-order valence-corrected chi connectivity index (χ0v) is 9.58. The second-order valence-electron chi connectivity index (χ2n) is 3.20. The maximum absolute atomic E-state index is 10.2. The van der Waals surface area contributed by atoms with Crippen molar-refractivity contribution in [3.8, 4) is 0 Å². The van der Waals surface area contributed by atoms with Gasteiger partial charge in [-0.2, -0.15) is 4.21 Å². The smallest absolute Gasteiger partial charge is 0.299 e. The lowest BCUT2D eigenvalue weighted by atomic mass is 10.1. The molecule has 0 aromatic carbocycles. The minimum absolute atomic E-state index is 0.218. The summed E-state index contributed by atoms with van der Waals surface area (Å²) in [5.74, 6) is 0.218. The van der Waals surface area contributed by atoms with Crippen LogP contribution in [0.15, 0.2) is 11.6 Å². The Bertz CT molecular complexity index is 193. The van der Waals surface area contributed by atoms with Crippen molar-refractivity contribution < 1.29 is 18.1 Å². The first kappa shape index (κ1) is 15.9. The molecule has 0 saturated heterocycles. The van der Waals surface area contributed by atoms with Crippen molar-refractivity contribution in [2.24, 2.45) is 5.92 Å². The Morgan fingerprint density at radius 1 is 1.43 bits per heavy atom. The fourth-order valence-corrected chi connectivity index (χ4v) is 0.703. The molecule has 5 heteroatoms. The lowest BCUT2D eigenvalue weighted by Gasteiger charge is -1.98. The molecule has 0 spiro atoms. The zero-order chi connectivity index (χ0) is 11.6. The Morgan fingerprint density at radius 2 is 1.86 bits per heavy atom. The van der Waals surface area contributed by atoms with Crippen LogP contribution in [-0.2, 0) is 16.2 Å². The van der Waals surface area contributed by atoms with Gasteiger partial charge in [0.2, 0.25) is 0 Å². The van der Waals surface area contributed by atoms with Crippen LogP contribution in [0, 0.1) is 5.92 Å². The van der Waals surface area contributed by atoms with E-state index in [-0.39, 0.29) is 5.92 Å². The quantitative estimate of drug-likeness (QED) is 0.434. The molecule has 0 aromatic heterocycles. The molecule has 4 nitrogen and oxygen atoms in total. The fourth-order valence-electron chi connectivity index (χ4n) is 0.703. The average Bonchev–Trinajstić information content (AvgIpc) is 2.02. The SMILES string of the molecule is CC(C)=CCCC(C)C=O.O=S(O)O. The van der Waals surface area contributed by atoms with Crippen LogP contribution in [0.25, 0.3) is 0 Å². The molecule has 1 unspecified atom stereocenters. The molecule has 0 aromatic rings. The van der Waals surface area contributed by atoms with Gasteiger partial charge in [-0.1, -0.05) is 18.6 Å². The average molecular weight is 222 g/mol. The Hall–Kier alpha value is -0.520. The number of carbonyl (C=O) groups is 1. The molecule has 84 valence electrons. The monoisotopic (exact) mass is 222 g/mol. The van der Waals surface area contributed by atoms with Crippen LogP contribution in [0.2, 0.25) is 0 Å². The molecule has 1 atom stereocenters. The van der Waals surface area contributed by atoms with Gasteiger partial charge in [0.15, 0.2) is 0 Å². The normalized spacial score (nSPS) is 11.3. The van der Waals surface area contributed by atoms with Gasteiger partial charge in [-0.05, 0) is 26.7 Å². The molecule has 0 rings (SSSR count). The van der Waals surface area contributed by atoms with Crippen molar-refractivity contribution in [3.63, 3.8) is 0 Å². The number of allylic oxidation sites excluding steroid dienone is 2. The number of aldehydes is 1. The van der Waals surface area contributed by atoms with Crippen LogP contribution in [0.1, 0.15) is 33.6 Å². The van der Waals surface area contributed by atoms with E-state index in [4.69, 9.17) is 13.3 Å². The maximum atomic E-state index is 10.2. The van der Waals surface area contributed by atoms with Gasteiger partial charge >= 0.3 is 0 Å². The van der Waals surface area contributed by atoms with Gasteiger partial charge in [-0.3, -0.25) is 9.11 Å². The largest absolute Gasteiger partial charge is 0.303 e. The zero-order valence-electron chi connectivity index (χ0n) is 8.77. The summed E-state index contributed by atoms with van der Waals surface area (Å²) in [6, 6.07) is 0. The van der Waals surface area contributed by atoms with E-state index < -0.39 is 11.4 Å². The molecule has 0 saturated carbocycles. The van der Waals surface area contributed by atoms with Gasteiger partial charge in [0.1, 0.15) is 6.29 Å².